The van der Waals surface area contributed by atoms with Crippen LogP contribution in [0.5, 0.6) is 0 Å². The molecule has 4 atom stereocenters. The normalized spacial score (nSPS) is 38.1. The average molecular weight is 281 g/mol. The third-order valence-electron chi connectivity index (χ3n) is 5.51. The van der Waals surface area contributed by atoms with E-state index in [1.165, 1.54) is 25.7 Å². The van der Waals surface area contributed by atoms with Crippen LogP contribution in [0.2, 0.25) is 0 Å². The zero-order valence-corrected chi connectivity index (χ0v) is 13.3. The van der Waals surface area contributed by atoms with Crippen LogP contribution in [0.25, 0.3) is 0 Å². The summed E-state index contributed by atoms with van der Waals surface area (Å²) in [5, 5.41) is 3.21. The van der Waals surface area contributed by atoms with Crippen molar-refractivity contribution in [3.8, 4) is 0 Å². The standard InChI is InChI=1S/C16H31N3O/c1-12-6-5-9-16(10-12,19(2)3)11-18-15(20)13-7-4-8-14(13)17/h12-14H,4-11,17H2,1-3H3,(H,18,20). The SMILES string of the molecule is CC1CCCC(CNC(=O)C2CCCC2N)(N(C)C)C1. The van der Waals surface area contributed by atoms with Crippen LogP contribution in [0.4, 0.5) is 0 Å². The van der Waals surface area contributed by atoms with Crippen molar-refractivity contribution in [2.24, 2.45) is 17.6 Å². The second-order valence-corrected chi connectivity index (χ2v) is 7.24. The smallest absolute Gasteiger partial charge is 0.224 e. The number of nitrogens with one attached hydrogen (secondary N) is 1. The van der Waals surface area contributed by atoms with Crippen molar-refractivity contribution in [2.45, 2.75) is 63.5 Å². The monoisotopic (exact) mass is 281 g/mol. The summed E-state index contributed by atoms with van der Waals surface area (Å²) in [5.41, 5.74) is 6.17. The van der Waals surface area contributed by atoms with E-state index in [0.717, 1.165) is 31.7 Å². The highest BCUT2D eigenvalue weighted by Crippen LogP contribution is 2.35. The number of likely N-dealkylation sites (N-methyl/N-ethyl adjacent to an activating group) is 1. The first-order valence-electron chi connectivity index (χ1n) is 8.15. The molecule has 1 amide bonds. The molecule has 0 aromatic rings. The molecule has 0 saturated heterocycles. The predicted octanol–water partition coefficient (Wildman–Crippen LogP) is 1.74. The Balaban J connectivity index is 1.93. The number of nitrogens with two attached hydrogens (primary N) is 1. The molecule has 2 rings (SSSR count). The van der Waals surface area contributed by atoms with Gasteiger partial charge < -0.3 is 16.0 Å². The molecule has 2 fully saturated rings. The Morgan fingerprint density at radius 2 is 2.05 bits per heavy atom. The number of rotatable bonds is 4. The molecule has 0 aromatic carbocycles. The summed E-state index contributed by atoms with van der Waals surface area (Å²) < 4.78 is 0. The summed E-state index contributed by atoms with van der Waals surface area (Å²) in [4.78, 5) is 14.7. The minimum absolute atomic E-state index is 0.0372. The largest absolute Gasteiger partial charge is 0.354 e. The van der Waals surface area contributed by atoms with E-state index in [9.17, 15) is 4.79 Å². The lowest BCUT2D eigenvalue weighted by atomic mass is 9.75. The van der Waals surface area contributed by atoms with Crippen LogP contribution in [-0.4, -0.2) is 43.0 Å². The van der Waals surface area contributed by atoms with E-state index >= 15 is 0 Å². The van der Waals surface area contributed by atoms with E-state index < -0.39 is 0 Å². The maximum absolute atomic E-state index is 12.3. The molecule has 0 heterocycles. The molecule has 20 heavy (non-hydrogen) atoms. The van der Waals surface area contributed by atoms with Gasteiger partial charge in [-0.25, -0.2) is 0 Å². The highest BCUT2D eigenvalue weighted by atomic mass is 16.1. The minimum atomic E-state index is 0.0372. The third-order valence-corrected chi connectivity index (χ3v) is 5.51. The molecule has 3 N–H and O–H groups in total. The van der Waals surface area contributed by atoms with Crippen LogP contribution in [0.15, 0.2) is 0 Å². The highest BCUT2D eigenvalue weighted by Gasteiger charge is 2.38. The molecule has 2 aliphatic rings. The van der Waals surface area contributed by atoms with Gasteiger partial charge in [0, 0.05) is 18.1 Å². The van der Waals surface area contributed by atoms with Gasteiger partial charge in [0.25, 0.3) is 0 Å². The molecule has 0 bridgehead atoms. The summed E-state index contributed by atoms with van der Waals surface area (Å²) in [6.45, 7) is 3.10. The maximum atomic E-state index is 12.3. The quantitative estimate of drug-likeness (QED) is 0.825. The van der Waals surface area contributed by atoms with Crippen molar-refractivity contribution in [3.63, 3.8) is 0 Å². The Labute approximate surface area is 123 Å². The van der Waals surface area contributed by atoms with Gasteiger partial charge in [-0.3, -0.25) is 4.79 Å². The van der Waals surface area contributed by atoms with Gasteiger partial charge in [0.2, 0.25) is 5.91 Å². The van der Waals surface area contributed by atoms with Crippen LogP contribution in [-0.2, 0) is 4.79 Å². The zero-order chi connectivity index (χ0) is 14.8. The second kappa shape index (κ2) is 6.44. The van der Waals surface area contributed by atoms with Crippen molar-refractivity contribution < 1.29 is 4.79 Å². The first kappa shape index (κ1) is 15.8. The molecule has 0 aliphatic heterocycles. The summed E-state index contributed by atoms with van der Waals surface area (Å²) in [6, 6.07) is 0.0654. The molecule has 4 heteroatoms. The molecule has 0 spiro atoms. The van der Waals surface area contributed by atoms with Gasteiger partial charge in [0.1, 0.15) is 0 Å². The van der Waals surface area contributed by atoms with Gasteiger partial charge in [0.15, 0.2) is 0 Å². The van der Waals surface area contributed by atoms with E-state index in [1.807, 2.05) is 0 Å². The molecule has 0 radical (unpaired) electrons. The zero-order valence-electron chi connectivity index (χ0n) is 13.3. The minimum Gasteiger partial charge on any atom is -0.354 e. The molecule has 4 nitrogen and oxygen atoms in total. The van der Waals surface area contributed by atoms with Crippen LogP contribution in [0.1, 0.15) is 51.9 Å². The molecular formula is C16H31N3O. The van der Waals surface area contributed by atoms with Gasteiger partial charge >= 0.3 is 0 Å². The lowest BCUT2D eigenvalue weighted by Gasteiger charge is -2.45. The Morgan fingerprint density at radius 3 is 2.60 bits per heavy atom. The van der Waals surface area contributed by atoms with Crippen molar-refractivity contribution in [3.05, 3.63) is 0 Å². The van der Waals surface area contributed by atoms with Crippen molar-refractivity contribution >= 4 is 5.91 Å². The first-order chi connectivity index (χ1) is 9.44. The van der Waals surface area contributed by atoms with E-state index in [0.29, 0.717) is 0 Å². The number of carbonyl (C=O) groups excluding carboxylic acids is 1. The summed E-state index contributed by atoms with van der Waals surface area (Å²) in [7, 11) is 4.29. The predicted molar refractivity (Wildman–Crippen MR) is 82.4 cm³/mol. The lowest BCUT2D eigenvalue weighted by molar-refractivity contribution is -0.126. The van der Waals surface area contributed by atoms with Crippen LogP contribution in [0.3, 0.4) is 0 Å². The first-order valence-corrected chi connectivity index (χ1v) is 8.15. The van der Waals surface area contributed by atoms with Gasteiger partial charge in [-0.2, -0.15) is 0 Å². The van der Waals surface area contributed by atoms with Crippen molar-refractivity contribution in [1.29, 1.82) is 0 Å². The van der Waals surface area contributed by atoms with Gasteiger partial charge in [-0.1, -0.05) is 26.2 Å². The van der Waals surface area contributed by atoms with Crippen LogP contribution < -0.4 is 11.1 Å². The second-order valence-electron chi connectivity index (χ2n) is 7.24. The molecule has 4 unspecified atom stereocenters. The fraction of sp³-hybridized carbons (Fsp3) is 0.938. The van der Waals surface area contributed by atoms with Crippen molar-refractivity contribution in [2.75, 3.05) is 20.6 Å². The highest BCUT2D eigenvalue weighted by molar-refractivity contribution is 5.79. The van der Waals surface area contributed by atoms with Gasteiger partial charge in [-0.05, 0) is 45.7 Å². The maximum Gasteiger partial charge on any atom is 0.224 e. The summed E-state index contributed by atoms with van der Waals surface area (Å²) in [5.74, 6) is 0.960. The number of carbonyl (C=O) groups is 1. The summed E-state index contributed by atoms with van der Waals surface area (Å²) in [6.07, 6.45) is 7.98. The molecule has 116 valence electrons. The van der Waals surface area contributed by atoms with Gasteiger partial charge in [0.05, 0.1) is 5.92 Å². The third kappa shape index (κ3) is 3.34. The Morgan fingerprint density at radius 1 is 1.30 bits per heavy atom. The molecular weight excluding hydrogens is 250 g/mol. The molecule has 2 aliphatic carbocycles. The number of amides is 1. The van der Waals surface area contributed by atoms with Crippen molar-refractivity contribution in [1.82, 2.24) is 10.2 Å². The number of nitrogens with zero attached hydrogens (tertiary/aromatic N) is 1. The fourth-order valence-electron chi connectivity index (χ4n) is 4.05. The lowest BCUT2D eigenvalue weighted by Crippen LogP contribution is -2.56. The Hall–Kier alpha value is -0.610. The van der Waals surface area contributed by atoms with Crippen LogP contribution in [0, 0.1) is 11.8 Å². The van der Waals surface area contributed by atoms with E-state index in [1.54, 1.807) is 0 Å². The van der Waals surface area contributed by atoms with E-state index in [4.69, 9.17) is 5.73 Å². The van der Waals surface area contributed by atoms with Gasteiger partial charge in [-0.15, -0.1) is 0 Å². The molecule has 2 saturated carbocycles. The van der Waals surface area contributed by atoms with E-state index in [2.05, 4.69) is 31.2 Å². The van der Waals surface area contributed by atoms with Crippen LogP contribution >= 0.6 is 0 Å². The van der Waals surface area contributed by atoms with E-state index in [-0.39, 0.29) is 23.4 Å². The number of hydrogen-bond acceptors (Lipinski definition) is 3. The topological polar surface area (TPSA) is 58.4 Å². The fourth-order valence-corrected chi connectivity index (χ4v) is 4.05. The molecule has 0 aromatic heterocycles. The Bertz CT molecular complexity index is 345. The summed E-state index contributed by atoms with van der Waals surface area (Å²) >= 11 is 0. The average Bonchev–Trinajstić information content (AvgIpc) is 2.82. The Kier molecular flexibility index (Phi) is 5.08. The number of hydrogen-bond donors (Lipinski definition) is 2.